The van der Waals surface area contributed by atoms with Crippen LogP contribution < -0.4 is 0 Å². The Balaban J connectivity index is 2.77. The van der Waals surface area contributed by atoms with E-state index in [0.717, 1.165) is 15.2 Å². The van der Waals surface area contributed by atoms with Crippen molar-refractivity contribution >= 4 is 32.7 Å². The van der Waals surface area contributed by atoms with E-state index in [4.69, 9.17) is 4.74 Å². The Morgan fingerprint density at radius 2 is 2.13 bits per heavy atom. The Labute approximate surface area is 95.2 Å². The number of ether oxygens (including phenoxy) is 1. The fourth-order valence-electron chi connectivity index (χ4n) is 1.45. The van der Waals surface area contributed by atoms with Crippen LogP contribution in [-0.4, -0.2) is 18.1 Å². The van der Waals surface area contributed by atoms with Crippen LogP contribution in [-0.2, 0) is 4.74 Å². The zero-order valence-corrected chi connectivity index (χ0v) is 9.61. The molecule has 0 amide bonds. The molecular weight excluding hydrogens is 258 g/mol. The molecule has 0 saturated carbocycles. The van der Waals surface area contributed by atoms with Gasteiger partial charge < -0.3 is 4.74 Å². The van der Waals surface area contributed by atoms with E-state index in [1.807, 2.05) is 12.1 Å². The van der Waals surface area contributed by atoms with Crippen molar-refractivity contribution in [1.82, 2.24) is 4.98 Å². The minimum Gasteiger partial charge on any atom is -0.465 e. The molecule has 0 fully saturated rings. The average molecular weight is 266 g/mol. The van der Waals surface area contributed by atoms with Crippen LogP contribution in [0.2, 0.25) is 0 Å². The van der Waals surface area contributed by atoms with Crippen molar-refractivity contribution in [3.8, 4) is 0 Å². The van der Waals surface area contributed by atoms with Crippen molar-refractivity contribution in [3.63, 3.8) is 0 Å². The Bertz CT molecular complexity index is 525. The van der Waals surface area contributed by atoms with Crippen LogP contribution in [0.4, 0.5) is 0 Å². The molecule has 4 heteroatoms. The molecule has 0 saturated heterocycles. The van der Waals surface area contributed by atoms with E-state index in [1.165, 1.54) is 7.11 Å². The molecule has 76 valence electrons. The number of pyridine rings is 1. The number of carbonyl (C=O) groups excluding carboxylic acids is 1. The monoisotopic (exact) mass is 265 g/mol. The predicted molar refractivity (Wildman–Crippen MR) is 60.8 cm³/mol. The van der Waals surface area contributed by atoms with E-state index in [0.29, 0.717) is 5.56 Å². The molecule has 1 aromatic heterocycles. The molecule has 0 aliphatic heterocycles. The number of methoxy groups -OCH3 is 1. The highest BCUT2D eigenvalue weighted by Gasteiger charge is 2.10. The number of aromatic nitrogens is 1. The molecule has 15 heavy (non-hydrogen) atoms. The molecule has 0 unspecified atom stereocenters. The first-order valence-corrected chi connectivity index (χ1v) is 5.14. The number of hydrogen-bond donors (Lipinski definition) is 0. The number of halogens is 1. The summed E-state index contributed by atoms with van der Waals surface area (Å²) in [7, 11) is 1.37. The van der Waals surface area contributed by atoms with Gasteiger partial charge in [0, 0.05) is 22.3 Å². The summed E-state index contributed by atoms with van der Waals surface area (Å²) in [5.41, 5.74) is 0.531. The number of fused-ring (bicyclic) bond motifs is 1. The minimum atomic E-state index is -0.347. The SMILES string of the molecule is COC(=O)c1cccc2c(Br)cncc12. The molecule has 0 spiro atoms. The van der Waals surface area contributed by atoms with Gasteiger partial charge in [0.25, 0.3) is 0 Å². The molecule has 0 radical (unpaired) electrons. The number of nitrogens with zero attached hydrogens (tertiary/aromatic N) is 1. The van der Waals surface area contributed by atoms with E-state index in [1.54, 1.807) is 18.5 Å². The first-order chi connectivity index (χ1) is 7.24. The van der Waals surface area contributed by atoms with Gasteiger partial charge in [-0.15, -0.1) is 0 Å². The predicted octanol–water partition coefficient (Wildman–Crippen LogP) is 2.78. The van der Waals surface area contributed by atoms with E-state index in [2.05, 4.69) is 20.9 Å². The van der Waals surface area contributed by atoms with Crippen LogP contribution in [0, 0.1) is 0 Å². The second-order valence-corrected chi connectivity index (χ2v) is 3.87. The van der Waals surface area contributed by atoms with Gasteiger partial charge in [-0.2, -0.15) is 0 Å². The first-order valence-electron chi connectivity index (χ1n) is 4.34. The van der Waals surface area contributed by atoms with Crippen LogP contribution in [0.5, 0.6) is 0 Å². The zero-order chi connectivity index (χ0) is 10.8. The molecule has 2 aromatic rings. The lowest BCUT2D eigenvalue weighted by molar-refractivity contribution is 0.0603. The van der Waals surface area contributed by atoms with Crippen LogP contribution in [0.3, 0.4) is 0 Å². The molecule has 0 aliphatic carbocycles. The summed E-state index contributed by atoms with van der Waals surface area (Å²) in [6, 6.07) is 5.47. The number of esters is 1. The molecule has 3 nitrogen and oxygen atoms in total. The van der Waals surface area contributed by atoms with Gasteiger partial charge in [-0.1, -0.05) is 12.1 Å². The maximum atomic E-state index is 11.5. The maximum Gasteiger partial charge on any atom is 0.338 e. The Kier molecular flexibility index (Phi) is 2.68. The largest absolute Gasteiger partial charge is 0.465 e. The van der Waals surface area contributed by atoms with Crippen LogP contribution in [0.15, 0.2) is 35.1 Å². The van der Waals surface area contributed by atoms with Crippen molar-refractivity contribution in [2.45, 2.75) is 0 Å². The summed E-state index contributed by atoms with van der Waals surface area (Å²) >= 11 is 3.39. The maximum absolute atomic E-state index is 11.5. The van der Waals surface area contributed by atoms with Gasteiger partial charge in [0.1, 0.15) is 0 Å². The van der Waals surface area contributed by atoms with Crippen LogP contribution in [0.1, 0.15) is 10.4 Å². The standard InChI is InChI=1S/C11H8BrNO2/c1-15-11(14)8-4-2-3-7-9(8)5-13-6-10(7)12/h2-6H,1H3. The van der Waals surface area contributed by atoms with Crippen molar-refractivity contribution in [2.75, 3.05) is 7.11 Å². The molecule has 0 atom stereocenters. The summed E-state index contributed by atoms with van der Waals surface area (Å²) in [5.74, 6) is -0.347. The summed E-state index contributed by atoms with van der Waals surface area (Å²) in [5, 5.41) is 1.74. The molecule has 0 N–H and O–H groups in total. The lowest BCUT2D eigenvalue weighted by Gasteiger charge is -2.04. The highest BCUT2D eigenvalue weighted by Crippen LogP contribution is 2.25. The second-order valence-electron chi connectivity index (χ2n) is 3.01. The zero-order valence-electron chi connectivity index (χ0n) is 8.03. The lowest BCUT2D eigenvalue weighted by atomic mass is 10.1. The van der Waals surface area contributed by atoms with Crippen LogP contribution in [0.25, 0.3) is 10.8 Å². The van der Waals surface area contributed by atoms with E-state index in [-0.39, 0.29) is 5.97 Å². The van der Waals surface area contributed by atoms with E-state index in [9.17, 15) is 4.79 Å². The average Bonchev–Trinajstić information content (AvgIpc) is 2.28. The smallest absolute Gasteiger partial charge is 0.338 e. The fourth-order valence-corrected chi connectivity index (χ4v) is 1.91. The van der Waals surface area contributed by atoms with E-state index >= 15 is 0 Å². The summed E-state index contributed by atoms with van der Waals surface area (Å²) in [4.78, 5) is 15.5. The highest BCUT2D eigenvalue weighted by atomic mass is 79.9. The second kappa shape index (κ2) is 3.98. The van der Waals surface area contributed by atoms with Crippen molar-refractivity contribution in [2.24, 2.45) is 0 Å². The van der Waals surface area contributed by atoms with Gasteiger partial charge in [0.15, 0.2) is 0 Å². The topological polar surface area (TPSA) is 39.2 Å². The van der Waals surface area contributed by atoms with E-state index < -0.39 is 0 Å². The Morgan fingerprint density at radius 3 is 2.87 bits per heavy atom. The van der Waals surface area contributed by atoms with Gasteiger partial charge in [0.2, 0.25) is 0 Å². The van der Waals surface area contributed by atoms with Crippen molar-refractivity contribution in [3.05, 3.63) is 40.6 Å². The summed E-state index contributed by atoms with van der Waals surface area (Å²) < 4.78 is 5.57. The van der Waals surface area contributed by atoms with Gasteiger partial charge in [-0.05, 0) is 27.4 Å². The third kappa shape index (κ3) is 1.72. The molecule has 1 aromatic carbocycles. The molecular formula is C11H8BrNO2. The highest BCUT2D eigenvalue weighted by molar-refractivity contribution is 9.10. The van der Waals surface area contributed by atoms with Crippen molar-refractivity contribution < 1.29 is 9.53 Å². The third-order valence-corrected chi connectivity index (χ3v) is 2.79. The lowest BCUT2D eigenvalue weighted by Crippen LogP contribution is -2.02. The number of benzene rings is 1. The number of hydrogen-bond acceptors (Lipinski definition) is 3. The summed E-state index contributed by atoms with van der Waals surface area (Å²) in [6.07, 6.45) is 3.36. The summed E-state index contributed by atoms with van der Waals surface area (Å²) in [6.45, 7) is 0. The molecule has 0 bridgehead atoms. The number of carbonyl (C=O) groups is 1. The van der Waals surface area contributed by atoms with Crippen molar-refractivity contribution in [1.29, 1.82) is 0 Å². The third-order valence-electron chi connectivity index (χ3n) is 2.16. The molecule has 1 heterocycles. The van der Waals surface area contributed by atoms with Gasteiger partial charge in [-0.3, -0.25) is 4.98 Å². The molecule has 0 aliphatic rings. The van der Waals surface area contributed by atoms with Gasteiger partial charge in [-0.25, -0.2) is 4.79 Å². The minimum absolute atomic E-state index is 0.347. The molecule has 2 rings (SSSR count). The quantitative estimate of drug-likeness (QED) is 0.745. The Hall–Kier alpha value is -1.42. The number of rotatable bonds is 1. The van der Waals surface area contributed by atoms with Gasteiger partial charge in [0.05, 0.1) is 12.7 Å². The van der Waals surface area contributed by atoms with Crippen LogP contribution >= 0.6 is 15.9 Å². The first kappa shape index (κ1) is 10.1. The fraction of sp³-hybridized carbons (Fsp3) is 0.0909. The Morgan fingerprint density at radius 1 is 1.33 bits per heavy atom. The normalized spacial score (nSPS) is 10.3. The van der Waals surface area contributed by atoms with Gasteiger partial charge >= 0.3 is 5.97 Å².